The van der Waals surface area contributed by atoms with Crippen LogP contribution in [0.2, 0.25) is 0 Å². The van der Waals surface area contributed by atoms with Crippen molar-refractivity contribution in [3.63, 3.8) is 0 Å². The van der Waals surface area contributed by atoms with Gasteiger partial charge in [0.25, 0.3) is 0 Å². The van der Waals surface area contributed by atoms with Crippen LogP contribution in [0.1, 0.15) is 19.2 Å². The molecule has 0 aliphatic rings. The molecular weight excluding hydrogens is 190 g/mol. The monoisotopic (exact) mass is 205 g/mol. The van der Waals surface area contributed by atoms with Gasteiger partial charge in [-0.15, -0.1) is 0 Å². The summed E-state index contributed by atoms with van der Waals surface area (Å²) in [5.74, 6) is 2.17. The van der Waals surface area contributed by atoms with E-state index in [9.17, 15) is 0 Å². The van der Waals surface area contributed by atoms with Gasteiger partial charge in [-0.2, -0.15) is 5.26 Å². The minimum absolute atomic E-state index is 0.254. The Morgan fingerprint density at radius 1 is 1.33 bits per heavy atom. The molecule has 0 saturated carbocycles. The second-order valence-electron chi connectivity index (χ2n) is 3.12. The number of hydrogen-bond donors (Lipinski definition) is 2. The van der Waals surface area contributed by atoms with Crippen molar-refractivity contribution in [3.8, 4) is 6.07 Å². The Morgan fingerprint density at radius 2 is 2.00 bits per heavy atom. The lowest BCUT2D eigenvalue weighted by Gasteiger charge is -2.07. The molecule has 0 aromatic carbocycles. The fraction of sp³-hybridized carbons (Fsp3) is 0.500. The number of nitrogens with one attached hydrogen (secondary N) is 2. The molecule has 80 valence electrons. The Morgan fingerprint density at radius 3 is 2.60 bits per heavy atom. The number of aryl methyl sites for hydroxylation is 1. The molecule has 0 aliphatic carbocycles. The quantitative estimate of drug-likeness (QED) is 0.713. The number of nitrogens with zero attached hydrogens (tertiary/aromatic N) is 3. The largest absolute Gasteiger partial charge is 0.370 e. The minimum atomic E-state index is 0.254. The van der Waals surface area contributed by atoms with Gasteiger partial charge >= 0.3 is 0 Å². The van der Waals surface area contributed by atoms with Gasteiger partial charge in [0.1, 0.15) is 24.0 Å². The highest BCUT2D eigenvalue weighted by Gasteiger charge is 2.00. The molecule has 0 atom stereocenters. The highest BCUT2D eigenvalue weighted by atomic mass is 15.1. The maximum atomic E-state index is 8.44. The molecule has 0 unspecified atom stereocenters. The van der Waals surface area contributed by atoms with Crippen molar-refractivity contribution in [3.05, 3.63) is 11.9 Å². The summed E-state index contributed by atoms with van der Waals surface area (Å²) in [6.07, 6.45) is 1.05. The minimum Gasteiger partial charge on any atom is -0.370 e. The number of rotatable bonds is 5. The van der Waals surface area contributed by atoms with E-state index in [0.717, 1.165) is 18.8 Å². The molecule has 1 aromatic heterocycles. The fourth-order valence-electron chi connectivity index (χ4n) is 1.13. The Kier molecular flexibility index (Phi) is 4.35. The van der Waals surface area contributed by atoms with E-state index in [4.69, 9.17) is 5.26 Å². The summed E-state index contributed by atoms with van der Waals surface area (Å²) in [5, 5.41) is 14.5. The van der Waals surface area contributed by atoms with Gasteiger partial charge < -0.3 is 10.6 Å². The van der Waals surface area contributed by atoms with Crippen LogP contribution in [0, 0.1) is 18.3 Å². The Balaban J connectivity index is 2.71. The van der Waals surface area contributed by atoms with Crippen LogP contribution in [0.25, 0.3) is 0 Å². The van der Waals surface area contributed by atoms with Gasteiger partial charge in [-0.05, 0) is 13.3 Å². The Hall–Kier alpha value is -1.83. The van der Waals surface area contributed by atoms with E-state index < -0.39 is 0 Å². The number of aromatic nitrogens is 2. The van der Waals surface area contributed by atoms with Crippen molar-refractivity contribution >= 4 is 11.6 Å². The highest BCUT2D eigenvalue weighted by Crippen LogP contribution is 2.10. The van der Waals surface area contributed by atoms with Gasteiger partial charge in [-0.25, -0.2) is 9.97 Å². The van der Waals surface area contributed by atoms with Crippen LogP contribution in [0.15, 0.2) is 6.07 Å². The predicted molar refractivity (Wildman–Crippen MR) is 59.7 cm³/mol. The molecular formula is C10H15N5. The van der Waals surface area contributed by atoms with Crippen molar-refractivity contribution in [2.24, 2.45) is 0 Å². The van der Waals surface area contributed by atoms with Gasteiger partial charge in [0.05, 0.1) is 6.07 Å². The molecule has 0 aliphatic heterocycles. The maximum absolute atomic E-state index is 8.44. The summed E-state index contributed by atoms with van der Waals surface area (Å²) in [6, 6.07) is 3.81. The van der Waals surface area contributed by atoms with E-state index in [1.807, 2.05) is 13.0 Å². The normalized spacial score (nSPS) is 9.40. The van der Waals surface area contributed by atoms with Crippen molar-refractivity contribution in [2.45, 2.75) is 20.3 Å². The molecule has 15 heavy (non-hydrogen) atoms. The van der Waals surface area contributed by atoms with E-state index in [1.54, 1.807) is 6.07 Å². The van der Waals surface area contributed by atoms with Gasteiger partial charge in [-0.1, -0.05) is 6.92 Å². The third kappa shape index (κ3) is 3.81. The lowest BCUT2D eigenvalue weighted by Crippen LogP contribution is -2.07. The van der Waals surface area contributed by atoms with Crippen molar-refractivity contribution in [1.29, 1.82) is 5.26 Å². The van der Waals surface area contributed by atoms with Crippen molar-refractivity contribution in [2.75, 3.05) is 23.7 Å². The van der Waals surface area contributed by atoms with Crippen molar-refractivity contribution in [1.82, 2.24) is 9.97 Å². The Labute approximate surface area is 89.6 Å². The van der Waals surface area contributed by atoms with Gasteiger partial charge in [-0.3, -0.25) is 0 Å². The lowest BCUT2D eigenvalue weighted by molar-refractivity contribution is 0.954. The van der Waals surface area contributed by atoms with Crippen LogP contribution in [-0.2, 0) is 0 Å². The second kappa shape index (κ2) is 5.81. The van der Waals surface area contributed by atoms with Crippen LogP contribution < -0.4 is 10.6 Å². The average molecular weight is 205 g/mol. The summed E-state index contributed by atoms with van der Waals surface area (Å²) in [7, 11) is 0. The molecule has 0 bridgehead atoms. The van der Waals surface area contributed by atoms with Crippen molar-refractivity contribution < 1.29 is 0 Å². The van der Waals surface area contributed by atoms with Crippen LogP contribution in [-0.4, -0.2) is 23.1 Å². The van der Waals surface area contributed by atoms with Crippen LogP contribution in [0.5, 0.6) is 0 Å². The summed E-state index contributed by atoms with van der Waals surface area (Å²) in [4.78, 5) is 8.40. The fourth-order valence-corrected chi connectivity index (χ4v) is 1.13. The van der Waals surface area contributed by atoms with E-state index in [-0.39, 0.29) is 6.54 Å². The lowest BCUT2D eigenvalue weighted by atomic mass is 10.4. The standard InChI is InChI=1S/C10H15N5/c1-3-5-12-9-7-10(13-6-4-11)15-8(2)14-9/h7H,3,5-6H2,1-2H3,(H2,12,13,14,15). The molecule has 0 fully saturated rings. The third-order valence-corrected chi connectivity index (χ3v) is 1.74. The number of nitriles is 1. The first-order valence-electron chi connectivity index (χ1n) is 4.96. The first kappa shape index (κ1) is 11.2. The predicted octanol–water partition coefficient (Wildman–Crippen LogP) is 1.54. The van der Waals surface area contributed by atoms with E-state index in [0.29, 0.717) is 11.6 Å². The maximum Gasteiger partial charge on any atom is 0.132 e. The molecule has 0 spiro atoms. The molecule has 5 nitrogen and oxygen atoms in total. The molecule has 5 heteroatoms. The molecule has 2 N–H and O–H groups in total. The topological polar surface area (TPSA) is 73.6 Å². The summed E-state index contributed by atoms with van der Waals surface area (Å²) in [6.45, 7) is 5.06. The molecule has 1 rings (SSSR count). The first-order valence-corrected chi connectivity index (χ1v) is 4.96. The number of anilines is 2. The Bertz CT molecular complexity index is 355. The van der Waals surface area contributed by atoms with Crippen LogP contribution in [0.4, 0.5) is 11.6 Å². The second-order valence-corrected chi connectivity index (χ2v) is 3.12. The summed E-state index contributed by atoms with van der Waals surface area (Å²) >= 11 is 0. The summed E-state index contributed by atoms with van der Waals surface area (Å²) < 4.78 is 0. The average Bonchev–Trinajstić information content (AvgIpc) is 2.23. The number of hydrogen-bond acceptors (Lipinski definition) is 5. The molecule has 0 saturated heterocycles. The van der Waals surface area contributed by atoms with E-state index in [1.165, 1.54) is 0 Å². The smallest absolute Gasteiger partial charge is 0.132 e. The van der Waals surface area contributed by atoms with Gasteiger partial charge in [0.2, 0.25) is 0 Å². The van der Waals surface area contributed by atoms with Crippen LogP contribution >= 0.6 is 0 Å². The van der Waals surface area contributed by atoms with E-state index in [2.05, 4.69) is 27.5 Å². The molecule has 0 radical (unpaired) electrons. The zero-order valence-corrected chi connectivity index (χ0v) is 9.04. The summed E-state index contributed by atoms with van der Waals surface area (Å²) in [5.41, 5.74) is 0. The van der Waals surface area contributed by atoms with Gasteiger partial charge in [0.15, 0.2) is 0 Å². The molecule has 1 heterocycles. The zero-order valence-electron chi connectivity index (χ0n) is 9.04. The zero-order chi connectivity index (χ0) is 11.1. The van der Waals surface area contributed by atoms with Crippen LogP contribution in [0.3, 0.4) is 0 Å². The highest BCUT2D eigenvalue weighted by molar-refractivity contribution is 5.47. The third-order valence-electron chi connectivity index (χ3n) is 1.74. The van der Waals surface area contributed by atoms with E-state index >= 15 is 0 Å². The SMILES string of the molecule is CCCNc1cc(NCC#N)nc(C)n1. The van der Waals surface area contributed by atoms with Gasteiger partial charge in [0, 0.05) is 12.6 Å². The molecule has 1 aromatic rings. The first-order chi connectivity index (χ1) is 7.26. The molecule has 0 amide bonds.